The predicted molar refractivity (Wildman–Crippen MR) is 67.5 cm³/mol. The molecule has 0 aliphatic heterocycles. The van der Waals surface area contributed by atoms with Crippen molar-refractivity contribution < 1.29 is 13.2 Å². The van der Waals surface area contributed by atoms with Gasteiger partial charge in [0.15, 0.2) is 0 Å². The number of hydrogen-bond acceptors (Lipinski definition) is 0. The van der Waals surface area contributed by atoms with E-state index in [9.17, 15) is 13.2 Å². The lowest BCUT2D eigenvalue weighted by atomic mass is 10.00. The predicted octanol–water partition coefficient (Wildman–Crippen LogP) is 5.27. The highest BCUT2D eigenvalue weighted by atomic mass is 35.5. The van der Waals surface area contributed by atoms with E-state index in [1.165, 1.54) is 12.1 Å². The first-order valence-electron chi connectivity index (χ1n) is 5.99. The number of hydrogen-bond donors (Lipinski definition) is 0. The average Bonchev–Trinajstić information content (AvgIpc) is 2.53. The van der Waals surface area contributed by atoms with Gasteiger partial charge in [-0.1, -0.05) is 24.6 Å². The molecule has 0 spiro atoms. The molecule has 0 heterocycles. The van der Waals surface area contributed by atoms with Gasteiger partial charge in [-0.2, -0.15) is 13.2 Å². The van der Waals surface area contributed by atoms with Crippen LogP contribution in [0.15, 0.2) is 30.3 Å². The molecule has 0 saturated carbocycles. The standard InChI is InChI=1S/C14H14ClF3/c15-13-4-2-1-3-11(9-13)10-5-7-12(8-6-10)14(16,17)18/h5-9,13H,1-4H2. The van der Waals surface area contributed by atoms with Crippen LogP contribution in [0.1, 0.15) is 36.8 Å². The topological polar surface area (TPSA) is 0 Å². The number of alkyl halides is 4. The van der Waals surface area contributed by atoms with Crippen LogP contribution in [0.2, 0.25) is 0 Å². The molecule has 1 aliphatic carbocycles. The van der Waals surface area contributed by atoms with Crippen molar-refractivity contribution in [2.45, 2.75) is 37.2 Å². The monoisotopic (exact) mass is 274 g/mol. The van der Waals surface area contributed by atoms with Crippen molar-refractivity contribution in [3.63, 3.8) is 0 Å². The molecule has 0 N–H and O–H groups in total. The molecule has 18 heavy (non-hydrogen) atoms. The smallest absolute Gasteiger partial charge is 0.166 e. The van der Waals surface area contributed by atoms with Crippen molar-refractivity contribution in [3.8, 4) is 0 Å². The van der Waals surface area contributed by atoms with Gasteiger partial charge < -0.3 is 0 Å². The lowest BCUT2D eigenvalue weighted by Gasteiger charge is -2.10. The Hall–Kier alpha value is -0.960. The number of rotatable bonds is 1. The first kappa shape index (κ1) is 13.5. The molecule has 4 heteroatoms. The van der Waals surface area contributed by atoms with E-state index in [2.05, 4.69) is 0 Å². The van der Waals surface area contributed by atoms with Gasteiger partial charge in [0.2, 0.25) is 0 Å². The summed E-state index contributed by atoms with van der Waals surface area (Å²) in [5.41, 5.74) is 1.29. The van der Waals surface area contributed by atoms with Gasteiger partial charge in [-0.3, -0.25) is 0 Å². The summed E-state index contributed by atoms with van der Waals surface area (Å²) in [6.07, 6.45) is 1.62. The molecule has 0 fully saturated rings. The van der Waals surface area contributed by atoms with Gasteiger partial charge in [0.05, 0.1) is 10.9 Å². The van der Waals surface area contributed by atoms with Crippen LogP contribution in [0.3, 0.4) is 0 Å². The van der Waals surface area contributed by atoms with Gasteiger partial charge in [-0.25, -0.2) is 0 Å². The van der Waals surface area contributed by atoms with Gasteiger partial charge >= 0.3 is 6.18 Å². The Labute approximate surface area is 109 Å². The van der Waals surface area contributed by atoms with Crippen molar-refractivity contribution in [3.05, 3.63) is 41.5 Å². The molecular weight excluding hydrogens is 261 g/mol. The molecule has 0 saturated heterocycles. The lowest BCUT2D eigenvalue weighted by molar-refractivity contribution is -0.137. The van der Waals surface area contributed by atoms with Crippen molar-refractivity contribution in [2.75, 3.05) is 0 Å². The van der Waals surface area contributed by atoms with Crippen molar-refractivity contribution in [1.29, 1.82) is 0 Å². The maximum absolute atomic E-state index is 12.5. The van der Waals surface area contributed by atoms with Crippen molar-refractivity contribution in [1.82, 2.24) is 0 Å². The molecule has 1 aromatic carbocycles. The van der Waals surface area contributed by atoms with Crippen LogP contribution in [-0.2, 0) is 6.18 Å². The zero-order valence-electron chi connectivity index (χ0n) is 9.80. The third-order valence-electron chi connectivity index (χ3n) is 3.14. The largest absolute Gasteiger partial charge is 0.416 e. The van der Waals surface area contributed by atoms with E-state index in [0.29, 0.717) is 0 Å². The minimum atomic E-state index is -4.27. The van der Waals surface area contributed by atoms with Crippen LogP contribution in [0.5, 0.6) is 0 Å². The Morgan fingerprint density at radius 3 is 2.33 bits per heavy atom. The Kier molecular flexibility index (Phi) is 4.00. The zero-order valence-corrected chi connectivity index (χ0v) is 10.6. The Bertz CT molecular complexity index is 431. The molecule has 0 radical (unpaired) electrons. The molecule has 2 rings (SSSR count). The van der Waals surface area contributed by atoms with Crippen LogP contribution < -0.4 is 0 Å². The molecular formula is C14H14ClF3. The molecule has 0 amide bonds. The average molecular weight is 275 g/mol. The molecule has 1 atom stereocenters. The van der Waals surface area contributed by atoms with E-state index in [4.69, 9.17) is 11.6 Å². The fourth-order valence-corrected chi connectivity index (χ4v) is 2.46. The van der Waals surface area contributed by atoms with Crippen molar-refractivity contribution in [2.24, 2.45) is 0 Å². The quantitative estimate of drug-likeness (QED) is 0.612. The highest BCUT2D eigenvalue weighted by Crippen LogP contribution is 2.32. The highest BCUT2D eigenvalue weighted by Gasteiger charge is 2.30. The molecule has 0 nitrogen and oxygen atoms in total. The number of halogens is 4. The number of benzene rings is 1. The summed E-state index contributed by atoms with van der Waals surface area (Å²) in [5, 5.41) is -0.00945. The minimum Gasteiger partial charge on any atom is -0.166 e. The summed E-state index contributed by atoms with van der Waals surface area (Å²) in [5.74, 6) is 0. The van der Waals surface area contributed by atoms with E-state index < -0.39 is 11.7 Å². The second kappa shape index (κ2) is 5.35. The van der Waals surface area contributed by atoms with Crippen LogP contribution in [-0.4, -0.2) is 5.38 Å². The third-order valence-corrected chi connectivity index (χ3v) is 3.49. The number of allylic oxidation sites excluding steroid dienone is 2. The van der Waals surface area contributed by atoms with Gasteiger partial charge in [0.25, 0.3) is 0 Å². The van der Waals surface area contributed by atoms with Gasteiger partial charge in [0, 0.05) is 0 Å². The van der Waals surface area contributed by atoms with E-state index >= 15 is 0 Å². The van der Waals surface area contributed by atoms with Crippen LogP contribution in [0, 0.1) is 0 Å². The molecule has 1 aromatic rings. The summed E-state index contributed by atoms with van der Waals surface area (Å²) in [4.78, 5) is 0. The summed E-state index contributed by atoms with van der Waals surface area (Å²) < 4.78 is 37.4. The Morgan fingerprint density at radius 1 is 1.06 bits per heavy atom. The summed E-state index contributed by atoms with van der Waals surface area (Å²) in [7, 11) is 0. The van der Waals surface area contributed by atoms with Gasteiger partial charge in [-0.15, -0.1) is 11.6 Å². The van der Waals surface area contributed by atoms with E-state index in [-0.39, 0.29) is 5.38 Å². The minimum absolute atomic E-state index is 0.00945. The van der Waals surface area contributed by atoms with Crippen molar-refractivity contribution >= 4 is 17.2 Å². The Morgan fingerprint density at radius 2 is 1.72 bits per heavy atom. The van der Waals surface area contributed by atoms with E-state index in [1.54, 1.807) is 0 Å². The SMILES string of the molecule is FC(F)(F)c1ccc(C2=CC(Cl)CCCC2)cc1. The first-order valence-corrected chi connectivity index (χ1v) is 6.43. The van der Waals surface area contributed by atoms with Crippen LogP contribution >= 0.6 is 11.6 Å². The second-order valence-corrected chi connectivity index (χ2v) is 5.09. The highest BCUT2D eigenvalue weighted by molar-refractivity contribution is 6.22. The first-order chi connectivity index (χ1) is 8.47. The van der Waals surface area contributed by atoms with E-state index in [1.807, 2.05) is 6.08 Å². The maximum Gasteiger partial charge on any atom is 0.416 e. The fraction of sp³-hybridized carbons (Fsp3) is 0.429. The van der Waals surface area contributed by atoms with Gasteiger partial charge in [-0.05, 0) is 42.5 Å². The van der Waals surface area contributed by atoms with E-state index in [0.717, 1.165) is 49.0 Å². The summed E-state index contributed by atoms with van der Waals surface area (Å²) in [6.45, 7) is 0. The second-order valence-electron chi connectivity index (χ2n) is 4.53. The van der Waals surface area contributed by atoms with Gasteiger partial charge in [0.1, 0.15) is 0 Å². The molecule has 98 valence electrons. The fourth-order valence-electron chi connectivity index (χ4n) is 2.15. The third kappa shape index (κ3) is 3.29. The molecule has 1 aliphatic rings. The molecule has 0 aromatic heterocycles. The Balaban J connectivity index is 2.23. The summed E-state index contributed by atoms with van der Waals surface area (Å²) >= 11 is 6.11. The van der Waals surface area contributed by atoms with Crippen LogP contribution in [0.4, 0.5) is 13.2 Å². The normalized spacial score (nSPS) is 21.3. The lowest BCUT2D eigenvalue weighted by Crippen LogP contribution is -2.04. The summed E-state index contributed by atoms with van der Waals surface area (Å²) in [6, 6.07) is 5.32. The molecule has 0 bridgehead atoms. The van der Waals surface area contributed by atoms with Crippen LogP contribution in [0.25, 0.3) is 5.57 Å². The maximum atomic E-state index is 12.5. The molecule has 1 unspecified atom stereocenters. The zero-order chi connectivity index (χ0) is 13.2.